The number of alkyl halides is 4. The SMILES string of the molecule is COc1cc(-c2nc(-c3cc(C)nc(C)c3)c3n2C[C@@H](CF)OCC3)ccc1C(F)(F)F. The number of imidazole rings is 1. The van der Waals surface area contributed by atoms with E-state index in [2.05, 4.69) is 4.98 Å². The van der Waals surface area contributed by atoms with Gasteiger partial charge in [0.25, 0.3) is 0 Å². The molecule has 0 fully saturated rings. The van der Waals surface area contributed by atoms with Crippen molar-refractivity contribution in [3.63, 3.8) is 0 Å². The highest BCUT2D eigenvalue weighted by molar-refractivity contribution is 5.70. The van der Waals surface area contributed by atoms with Crippen molar-refractivity contribution in [1.29, 1.82) is 0 Å². The van der Waals surface area contributed by atoms with Crippen LogP contribution in [0, 0.1) is 13.8 Å². The van der Waals surface area contributed by atoms with E-state index in [4.69, 9.17) is 14.5 Å². The lowest BCUT2D eigenvalue weighted by Crippen LogP contribution is -2.21. The van der Waals surface area contributed by atoms with E-state index in [1.54, 1.807) is 0 Å². The number of nitrogens with zero attached hydrogens (tertiary/aromatic N) is 3. The van der Waals surface area contributed by atoms with Gasteiger partial charge in [-0.05, 0) is 38.1 Å². The van der Waals surface area contributed by atoms with Gasteiger partial charge in [-0.1, -0.05) is 6.07 Å². The lowest BCUT2D eigenvalue weighted by molar-refractivity contribution is -0.138. The molecule has 1 aliphatic heterocycles. The molecule has 5 nitrogen and oxygen atoms in total. The topological polar surface area (TPSA) is 49.2 Å². The summed E-state index contributed by atoms with van der Waals surface area (Å²) in [5, 5.41) is 0. The highest BCUT2D eigenvalue weighted by Gasteiger charge is 2.35. The largest absolute Gasteiger partial charge is 0.496 e. The van der Waals surface area contributed by atoms with E-state index in [0.29, 0.717) is 30.1 Å². The van der Waals surface area contributed by atoms with Gasteiger partial charge in [0.05, 0.1) is 31.5 Å². The third-order valence-corrected chi connectivity index (χ3v) is 5.44. The number of aryl methyl sites for hydroxylation is 2. The second kappa shape index (κ2) is 8.54. The van der Waals surface area contributed by atoms with Crippen LogP contribution in [0.1, 0.15) is 22.6 Å². The molecule has 4 rings (SSSR count). The summed E-state index contributed by atoms with van der Waals surface area (Å²) in [7, 11) is 1.20. The molecule has 170 valence electrons. The molecular weight excluding hydrogens is 426 g/mol. The Kier molecular flexibility index (Phi) is 5.94. The van der Waals surface area contributed by atoms with Crippen molar-refractivity contribution in [3.05, 3.63) is 53.0 Å². The second-order valence-corrected chi connectivity index (χ2v) is 7.79. The number of hydrogen-bond donors (Lipinski definition) is 0. The molecular formula is C23H23F4N3O2. The molecule has 32 heavy (non-hydrogen) atoms. The standard InChI is InChI=1S/C23H23F4N3O2/c1-13-8-16(9-14(2)28-13)21-19-6-7-32-17(11-24)12-30(19)22(29-21)15-4-5-18(23(25,26)27)20(10-15)31-3/h4-5,8-10,17H,6-7,11-12H2,1-3H3/t17-/m1/s1. The van der Waals surface area contributed by atoms with Gasteiger partial charge < -0.3 is 14.0 Å². The Morgan fingerprint density at radius 2 is 1.81 bits per heavy atom. The minimum atomic E-state index is -4.54. The second-order valence-electron chi connectivity index (χ2n) is 7.79. The number of ether oxygens (including phenoxy) is 2. The van der Waals surface area contributed by atoms with Crippen molar-refractivity contribution in [2.45, 2.75) is 39.1 Å². The molecule has 1 aromatic carbocycles. The molecule has 3 heterocycles. The highest BCUT2D eigenvalue weighted by atomic mass is 19.4. The monoisotopic (exact) mass is 449 g/mol. The number of pyridine rings is 1. The van der Waals surface area contributed by atoms with Crippen LogP contribution in [0.4, 0.5) is 17.6 Å². The average Bonchev–Trinajstić information content (AvgIpc) is 2.95. The van der Waals surface area contributed by atoms with Gasteiger partial charge >= 0.3 is 6.18 Å². The van der Waals surface area contributed by atoms with Crippen LogP contribution in [-0.4, -0.2) is 41.0 Å². The molecule has 9 heteroatoms. The average molecular weight is 449 g/mol. The number of hydrogen-bond acceptors (Lipinski definition) is 4. The minimum absolute atomic E-state index is 0.209. The molecule has 0 amide bonds. The first-order chi connectivity index (χ1) is 15.2. The van der Waals surface area contributed by atoms with Gasteiger partial charge in [-0.3, -0.25) is 4.98 Å². The minimum Gasteiger partial charge on any atom is -0.496 e. The van der Waals surface area contributed by atoms with Crippen molar-refractivity contribution in [2.24, 2.45) is 0 Å². The lowest BCUT2D eigenvalue weighted by Gasteiger charge is -2.16. The molecule has 0 saturated carbocycles. The summed E-state index contributed by atoms with van der Waals surface area (Å²) in [5.74, 6) is 0.148. The van der Waals surface area contributed by atoms with Crippen molar-refractivity contribution < 1.29 is 27.0 Å². The van der Waals surface area contributed by atoms with Crippen molar-refractivity contribution in [3.8, 4) is 28.4 Å². The molecule has 1 aliphatic rings. The van der Waals surface area contributed by atoms with E-state index in [1.807, 2.05) is 30.5 Å². The molecule has 0 spiro atoms. The van der Waals surface area contributed by atoms with Gasteiger partial charge in [0.2, 0.25) is 0 Å². The summed E-state index contributed by atoms with van der Waals surface area (Å²) in [6.45, 7) is 3.63. The fraction of sp³-hybridized carbons (Fsp3) is 0.391. The number of rotatable bonds is 4. The zero-order valence-electron chi connectivity index (χ0n) is 18.0. The van der Waals surface area contributed by atoms with E-state index in [0.717, 1.165) is 28.7 Å². The van der Waals surface area contributed by atoms with Gasteiger partial charge in [0, 0.05) is 34.6 Å². The molecule has 0 radical (unpaired) electrons. The Balaban J connectivity index is 1.92. The van der Waals surface area contributed by atoms with Gasteiger partial charge in [-0.25, -0.2) is 9.37 Å². The number of fused-ring (bicyclic) bond motifs is 1. The predicted octanol–water partition coefficient (Wildman–Crippen LogP) is 5.17. The quantitative estimate of drug-likeness (QED) is 0.516. The summed E-state index contributed by atoms with van der Waals surface area (Å²) < 4.78 is 66.0. The molecule has 0 aliphatic carbocycles. The van der Waals surface area contributed by atoms with Crippen LogP contribution < -0.4 is 4.74 Å². The van der Waals surface area contributed by atoms with Crippen molar-refractivity contribution >= 4 is 0 Å². The Morgan fingerprint density at radius 3 is 2.44 bits per heavy atom. The van der Waals surface area contributed by atoms with Gasteiger partial charge in [0.15, 0.2) is 0 Å². The molecule has 2 aromatic heterocycles. The summed E-state index contributed by atoms with van der Waals surface area (Å²) >= 11 is 0. The maximum absolute atomic E-state index is 13.5. The summed E-state index contributed by atoms with van der Waals surface area (Å²) in [6, 6.07) is 7.48. The van der Waals surface area contributed by atoms with E-state index in [1.165, 1.54) is 19.2 Å². The van der Waals surface area contributed by atoms with Crippen molar-refractivity contribution in [1.82, 2.24) is 14.5 Å². The van der Waals surface area contributed by atoms with E-state index in [9.17, 15) is 17.6 Å². The first-order valence-electron chi connectivity index (χ1n) is 10.2. The summed E-state index contributed by atoms with van der Waals surface area (Å²) in [6.07, 6.45) is -4.70. The van der Waals surface area contributed by atoms with E-state index >= 15 is 0 Å². The predicted molar refractivity (Wildman–Crippen MR) is 111 cm³/mol. The fourth-order valence-corrected chi connectivity index (χ4v) is 4.10. The number of aromatic nitrogens is 3. The van der Waals surface area contributed by atoms with Crippen LogP contribution in [0.5, 0.6) is 5.75 Å². The Labute approximate surface area is 183 Å². The van der Waals surface area contributed by atoms with Gasteiger partial charge in [0.1, 0.15) is 24.4 Å². The zero-order chi connectivity index (χ0) is 23.0. The normalized spacial score (nSPS) is 16.5. The summed E-state index contributed by atoms with van der Waals surface area (Å²) in [5.41, 5.74) is 3.62. The van der Waals surface area contributed by atoms with Crippen molar-refractivity contribution in [2.75, 3.05) is 20.4 Å². The first-order valence-corrected chi connectivity index (χ1v) is 10.2. The van der Waals surface area contributed by atoms with Crippen LogP contribution in [0.15, 0.2) is 30.3 Å². The molecule has 0 saturated heterocycles. The Hall–Kier alpha value is -2.94. The van der Waals surface area contributed by atoms with Crippen LogP contribution in [0.25, 0.3) is 22.6 Å². The lowest BCUT2D eigenvalue weighted by atomic mass is 10.1. The van der Waals surface area contributed by atoms with Crippen LogP contribution >= 0.6 is 0 Å². The van der Waals surface area contributed by atoms with Crippen LogP contribution in [0.2, 0.25) is 0 Å². The van der Waals surface area contributed by atoms with Crippen LogP contribution in [0.3, 0.4) is 0 Å². The third-order valence-electron chi connectivity index (χ3n) is 5.44. The highest BCUT2D eigenvalue weighted by Crippen LogP contribution is 2.39. The Bertz CT molecular complexity index is 1120. The molecule has 1 atom stereocenters. The fourth-order valence-electron chi connectivity index (χ4n) is 4.10. The van der Waals surface area contributed by atoms with Gasteiger partial charge in [-0.2, -0.15) is 13.2 Å². The summed E-state index contributed by atoms with van der Waals surface area (Å²) in [4.78, 5) is 9.22. The maximum Gasteiger partial charge on any atom is 0.419 e. The van der Waals surface area contributed by atoms with Gasteiger partial charge in [-0.15, -0.1) is 0 Å². The van der Waals surface area contributed by atoms with E-state index in [-0.39, 0.29) is 12.3 Å². The Morgan fingerprint density at radius 1 is 1.09 bits per heavy atom. The number of methoxy groups -OCH3 is 1. The smallest absolute Gasteiger partial charge is 0.419 e. The van der Waals surface area contributed by atoms with E-state index < -0.39 is 24.5 Å². The maximum atomic E-state index is 13.5. The first kappa shape index (κ1) is 22.3. The zero-order valence-corrected chi connectivity index (χ0v) is 18.0. The number of benzene rings is 1. The molecule has 0 N–H and O–H groups in total. The molecule has 0 bridgehead atoms. The molecule has 3 aromatic rings. The van der Waals surface area contributed by atoms with Crippen LogP contribution in [-0.2, 0) is 23.9 Å². The number of halogens is 4. The third kappa shape index (κ3) is 4.21. The molecule has 0 unspecified atom stereocenters.